The third-order valence-corrected chi connectivity index (χ3v) is 5.87. The first-order valence-electron chi connectivity index (χ1n) is 9.16. The van der Waals surface area contributed by atoms with Crippen molar-refractivity contribution in [3.63, 3.8) is 0 Å². The maximum Gasteiger partial charge on any atom is 0.271 e. The fraction of sp³-hybridized carbons (Fsp3) is 0.182. The zero-order chi connectivity index (χ0) is 21.7. The lowest BCUT2D eigenvalue weighted by atomic mass is 10.1. The van der Waals surface area contributed by atoms with Gasteiger partial charge in [-0.25, -0.2) is 15.4 Å². The Bertz CT molecular complexity index is 1080. The van der Waals surface area contributed by atoms with Crippen molar-refractivity contribution in [2.24, 2.45) is 5.10 Å². The van der Waals surface area contributed by atoms with Gasteiger partial charge in [0.1, 0.15) is 0 Å². The van der Waals surface area contributed by atoms with Gasteiger partial charge in [-0.3, -0.25) is 4.79 Å². The van der Waals surface area contributed by atoms with E-state index in [4.69, 9.17) is 23.2 Å². The molecule has 1 heterocycles. The molecule has 1 aromatic heterocycles. The highest BCUT2D eigenvalue weighted by atomic mass is 35.5. The van der Waals surface area contributed by atoms with Gasteiger partial charge in [0, 0.05) is 22.7 Å². The molecule has 0 aliphatic rings. The van der Waals surface area contributed by atoms with Crippen LogP contribution in [0.5, 0.6) is 0 Å². The summed E-state index contributed by atoms with van der Waals surface area (Å²) in [5.41, 5.74) is 7.49. The first-order chi connectivity index (χ1) is 14.3. The minimum Gasteiger partial charge on any atom is -0.267 e. The minimum atomic E-state index is -0.286. The molecule has 154 valence electrons. The van der Waals surface area contributed by atoms with Crippen molar-refractivity contribution in [1.29, 1.82) is 0 Å². The van der Waals surface area contributed by atoms with Crippen LogP contribution in [0.25, 0.3) is 0 Å². The molecule has 0 unspecified atom stereocenters. The van der Waals surface area contributed by atoms with Gasteiger partial charge in [-0.05, 0) is 62.2 Å². The Morgan fingerprint density at radius 3 is 2.23 bits per heavy atom. The number of aromatic nitrogens is 2. The first kappa shape index (κ1) is 22.3. The Kier molecular flexibility index (Phi) is 7.48. The van der Waals surface area contributed by atoms with Crippen LogP contribution in [0.15, 0.2) is 58.8 Å². The second-order valence-electron chi connectivity index (χ2n) is 6.69. The minimum absolute atomic E-state index is 0.286. The molecule has 0 spiro atoms. The normalized spacial score (nSPS) is 11.4. The molecular formula is C22H20Cl2N4OS. The number of hydrazone groups is 1. The van der Waals surface area contributed by atoms with Crippen molar-refractivity contribution in [2.75, 3.05) is 0 Å². The zero-order valence-corrected chi connectivity index (χ0v) is 19.1. The summed E-state index contributed by atoms with van der Waals surface area (Å²) in [6.45, 7) is 5.70. The van der Waals surface area contributed by atoms with E-state index in [1.807, 2.05) is 32.0 Å². The van der Waals surface area contributed by atoms with Gasteiger partial charge < -0.3 is 0 Å². The third kappa shape index (κ3) is 6.05. The summed E-state index contributed by atoms with van der Waals surface area (Å²) in [6.07, 6.45) is 0. The van der Waals surface area contributed by atoms with E-state index in [1.165, 1.54) is 0 Å². The number of hydrogen-bond acceptors (Lipinski definition) is 5. The molecular weight excluding hydrogens is 439 g/mol. The second-order valence-corrected chi connectivity index (χ2v) is 8.44. The van der Waals surface area contributed by atoms with E-state index in [0.717, 1.165) is 33.4 Å². The smallest absolute Gasteiger partial charge is 0.267 e. The summed E-state index contributed by atoms with van der Waals surface area (Å²) in [7, 11) is 0. The van der Waals surface area contributed by atoms with Crippen molar-refractivity contribution in [2.45, 2.75) is 31.7 Å². The molecule has 0 bridgehead atoms. The van der Waals surface area contributed by atoms with E-state index in [0.29, 0.717) is 21.3 Å². The van der Waals surface area contributed by atoms with Crippen LogP contribution in [-0.4, -0.2) is 21.6 Å². The lowest BCUT2D eigenvalue weighted by molar-refractivity contribution is 0.0955. The van der Waals surface area contributed by atoms with E-state index in [-0.39, 0.29) is 5.91 Å². The molecule has 0 saturated carbocycles. The zero-order valence-electron chi connectivity index (χ0n) is 16.7. The van der Waals surface area contributed by atoms with Gasteiger partial charge in [0.05, 0.1) is 15.8 Å². The van der Waals surface area contributed by atoms with Crippen LogP contribution in [-0.2, 0) is 5.75 Å². The lowest BCUT2D eigenvalue weighted by Gasteiger charge is -2.06. The van der Waals surface area contributed by atoms with Crippen molar-refractivity contribution in [3.05, 3.63) is 86.7 Å². The summed E-state index contributed by atoms with van der Waals surface area (Å²) < 4.78 is 0. The molecule has 3 rings (SSSR count). The predicted molar refractivity (Wildman–Crippen MR) is 124 cm³/mol. The van der Waals surface area contributed by atoms with Crippen molar-refractivity contribution in [3.8, 4) is 0 Å². The Hall–Kier alpha value is -2.41. The largest absolute Gasteiger partial charge is 0.271 e. The topological polar surface area (TPSA) is 67.2 Å². The van der Waals surface area contributed by atoms with Gasteiger partial charge in [-0.15, -0.1) is 0 Å². The van der Waals surface area contributed by atoms with E-state index in [1.54, 1.807) is 49.0 Å². The molecule has 0 fully saturated rings. The summed E-state index contributed by atoms with van der Waals surface area (Å²) >= 11 is 13.5. The van der Waals surface area contributed by atoms with Crippen LogP contribution >= 0.6 is 35.0 Å². The fourth-order valence-corrected chi connectivity index (χ4v) is 3.85. The third-order valence-electron chi connectivity index (χ3n) is 4.21. The Morgan fingerprint density at radius 1 is 0.967 bits per heavy atom. The highest BCUT2D eigenvalue weighted by Gasteiger charge is 2.07. The molecule has 1 N–H and O–H groups in total. The van der Waals surface area contributed by atoms with Crippen LogP contribution in [0.3, 0.4) is 0 Å². The SMILES string of the molecule is C/C(=N\NC(=O)c1ccc(CSc2nc(C)cc(C)n2)cc1)c1ccc(Cl)c(Cl)c1. The maximum absolute atomic E-state index is 12.4. The molecule has 0 aliphatic heterocycles. The average molecular weight is 459 g/mol. The molecule has 5 nitrogen and oxygen atoms in total. The van der Waals surface area contributed by atoms with Crippen LogP contribution in [0, 0.1) is 13.8 Å². The number of rotatable bonds is 6. The highest BCUT2D eigenvalue weighted by Crippen LogP contribution is 2.23. The Balaban J connectivity index is 1.59. The second kappa shape index (κ2) is 10.1. The van der Waals surface area contributed by atoms with Gasteiger partial charge in [-0.2, -0.15) is 5.10 Å². The summed E-state index contributed by atoms with van der Waals surface area (Å²) in [4.78, 5) is 21.2. The van der Waals surface area contributed by atoms with Crippen LogP contribution in [0.1, 0.15) is 39.8 Å². The number of halogens is 2. The number of carbonyl (C=O) groups is 1. The molecule has 0 saturated heterocycles. The van der Waals surface area contributed by atoms with E-state index in [9.17, 15) is 4.79 Å². The molecule has 0 radical (unpaired) electrons. The molecule has 2 aromatic carbocycles. The number of amides is 1. The Morgan fingerprint density at radius 2 is 1.60 bits per heavy atom. The first-order valence-corrected chi connectivity index (χ1v) is 10.9. The van der Waals surface area contributed by atoms with E-state index >= 15 is 0 Å². The quantitative estimate of drug-likeness (QED) is 0.217. The average Bonchev–Trinajstić information content (AvgIpc) is 2.72. The lowest BCUT2D eigenvalue weighted by Crippen LogP contribution is -2.19. The molecule has 1 amide bonds. The van der Waals surface area contributed by atoms with Crippen LogP contribution < -0.4 is 5.43 Å². The highest BCUT2D eigenvalue weighted by molar-refractivity contribution is 7.98. The molecule has 3 aromatic rings. The monoisotopic (exact) mass is 458 g/mol. The summed E-state index contributed by atoms with van der Waals surface area (Å²) in [5, 5.41) is 5.81. The van der Waals surface area contributed by atoms with Crippen molar-refractivity contribution >= 4 is 46.6 Å². The molecule has 30 heavy (non-hydrogen) atoms. The number of benzene rings is 2. The van der Waals surface area contributed by atoms with E-state index < -0.39 is 0 Å². The number of carbonyl (C=O) groups excluding carboxylic acids is 1. The molecule has 8 heteroatoms. The van der Waals surface area contributed by atoms with Crippen LogP contribution in [0.4, 0.5) is 0 Å². The number of nitrogens with zero attached hydrogens (tertiary/aromatic N) is 3. The van der Waals surface area contributed by atoms with Crippen molar-refractivity contribution in [1.82, 2.24) is 15.4 Å². The Labute approximate surface area is 189 Å². The molecule has 0 aliphatic carbocycles. The number of hydrogen-bond donors (Lipinski definition) is 1. The van der Waals surface area contributed by atoms with Gasteiger partial charge >= 0.3 is 0 Å². The standard InChI is InChI=1S/C22H20Cl2N4OS/c1-13-10-14(2)26-22(25-13)30-12-16-4-6-17(7-5-16)21(29)28-27-15(3)18-8-9-19(23)20(24)11-18/h4-11H,12H2,1-3H3,(H,28,29)/b27-15+. The van der Waals surface area contributed by atoms with Gasteiger partial charge in [-0.1, -0.05) is 53.2 Å². The van der Waals surface area contributed by atoms with Crippen LogP contribution in [0.2, 0.25) is 10.0 Å². The van der Waals surface area contributed by atoms with Gasteiger partial charge in [0.15, 0.2) is 5.16 Å². The maximum atomic E-state index is 12.4. The fourth-order valence-electron chi connectivity index (χ4n) is 2.64. The number of thioether (sulfide) groups is 1. The number of nitrogens with one attached hydrogen (secondary N) is 1. The van der Waals surface area contributed by atoms with Gasteiger partial charge in [0.2, 0.25) is 0 Å². The summed E-state index contributed by atoms with van der Waals surface area (Å²) in [5.74, 6) is 0.436. The summed E-state index contributed by atoms with van der Waals surface area (Å²) in [6, 6.07) is 14.5. The molecule has 0 atom stereocenters. The number of aryl methyl sites for hydroxylation is 2. The predicted octanol–water partition coefficient (Wildman–Crippen LogP) is 5.85. The van der Waals surface area contributed by atoms with E-state index in [2.05, 4.69) is 20.5 Å². The van der Waals surface area contributed by atoms with Crippen molar-refractivity contribution < 1.29 is 4.79 Å². The van der Waals surface area contributed by atoms with Gasteiger partial charge in [0.25, 0.3) is 5.91 Å².